The standard InChI is InChI=1S/C9H11Cl2N3O4/c10-6-1-5(7(11)14-13-6)8(18)12-9(2-15,3-16)4-17/h1,15-17H,2-4H2,(H,12,18). The van der Waals surface area contributed by atoms with Crippen molar-refractivity contribution in [3.63, 3.8) is 0 Å². The van der Waals surface area contributed by atoms with Crippen molar-refractivity contribution in [3.8, 4) is 0 Å². The first-order valence-corrected chi connectivity index (χ1v) is 5.57. The summed E-state index contributed by atoms with van der Waals surface area (Å²) in [7, 11) is 0. The highest BCUT2D eigenvalue weighted by Gasteiger charge is 2.31. The van der Waals surface area contributed by atoms with Crippen molar-refractivity contribution in [1.29, 1.82) is 0 Å². The second-order valence-corrected chi connectivity index (χ2v) is 4.33. The molecule has 0 aliphatic rings. The number of hydrogen-bond acceptors (Lipinski definition) is 6. The van der Waals surface area contributed by atoms with Crippen molar-refractivity contribution >= 4 is 29.1 Å². The summed E-state index contributed by atoms with van der Waals surface area (Å²) in [5, 5.41) is 36.1. The molecule has 9 heteroatoms. The van der Waals surface area contributed by atoms with Gasteiger partial charge in [0.05, 0.1) is 25.4 Å². The number of nitrogens with zero attached hydrogens (tertiary/aromatic N) is 2. The zero-order chi connectivity index (χ0) is 13.8. The van der Waals surface area contributed by atoms with Crippen LogP contribution in [-0.2, 0) is 0 Å². The van der Waals surface area contributed by atoms with Gasteiger partial charge < -0.3 is 20.6 Å². The van der Waals surface area contributed by atoms with Crippen LogP contribution in [0.4, 0.5) is 0 Å². The van der Waals surface area contributed by atoms with E-state index < -0.39 is 31.3 Å². The van der Waals surface area contributed by atoms with E-state index >= 15 is 0 Å². The molecule has 4 N–H and O–H groups in total. The molecule has 7 nitrogen and oxygen atoms in total. The topological polar surface area (TPSA) is 116 Å². The Morgan fingerprint density at radius 2 is 1.78 bits per heavy atom. The van der Waals surface area contributed by atoms with E-state index in [4.69, 9.17) is 38.5 Å². The van der Waals surface area contributed by atoms with Gasteiger partial charge in [0, 0.05) is 0 Å². The highest BCUT2D eigenvalue weighted by molar-refractivity contribution is 6.34. The minimum absolute atomic E-state index is 0.0351. The van der Waals surface area contributed by atoms with Gasteiger partial charge in [-0.05, 0) is 6.07 Å². The molecule has 0 spiro atoms. The second kappa shape index (κ2) is 6.26. The molecule has 0 aliphatic heterocycles. The van der Waals surface area contributed by atoms with Gasteiger partial charge in [-0.2, -0.15) is 0 Å². The monoisotopic (exact) mass is 295 g/mol. The van der Waals surface area contributed by atoms with Crippen LogP contribution in [-0.4, -0.2) is 56.8 Å². The van der Waals surface area contributed by atoms with Gasteiger partial charge in [0.1, 0.15) is 5.54 Å². The minimum atomic E-state index is -1.55. The van der Waals surface area contributed by atoms with Crippen molar-refractivity contribution in [2.75, 3.05) is 19.8 Å². The summed E-state index contributed by atoms with van der Waals surface area (Å²) in [5.74, 6) is -0.742. The molecule has 100 valence electrons. The van der Waals surface area contributed by atoms with Crippen LogP contribution in [0.1, 0.15) is 10.4 Å². The number of aromatic nitrogens is 2. The number of hydrogen-bond donors (Lipinski definition) is 4. The van der Waals surface area contributed by atoms with Crippen LogP contribution in [0.2, 0.25) is 10.3 Å². The van der Waals surface area contributed by atoms with E-state index in [9.17, 15) is 4.79 Å². The van der Waals surface area contributed by atoms with E-state index in [1.165, 1.54) is 6.07 Å². The van der Waals surface area contributed by atoms with Gasteiger partial charge in [0.2, 0.25) is 0 Å². The van der Waals surface area contributed by atoms with Crippen LogP contribution in [0.15, 0.2) is 6.07 Å². The fourth-order valence-corrected chi connectivity index (χ4v) is 1.41. The van der Waals surface area contributed by atoms with E-state index in [0.717, 1.165) is 0 Å². The molecular formula is C9H11Cl2N3O4. The van der Waals surface area contributed by atoms with Crippen LogP contribution >= 0.6 is 23.2 Å². The van der Waals surface area contributed by atoms with E-state index in [2.05, 4.69) is 15.5 Å². The van der Waals surface area contributed by atoms with Crippen molar-refractivity contribution < 1.29 is 20.1 Å². The lowest BCUT2D eigenvalue weighted by Gasteiger charge is -2.28. The Balaban J connectivity index is 2.97. The summed E-state index contributed by atoms with van der Waals surface area (Å²) < 4.78 is 0. The lowest BCUT2D eigenvalue weighted by Crippen LogP contribution is -2.57. The van der Waals surface area contributed by atoms with Gasteiger partial charge in [-0.1, -0.05) is 23.2 Å². The molecule has 0 unspecified atom stereocenters. The van der Waals surface area contributed by atoms with E-state index in [1.54, 1.807) is 0 Å². The highest BCUT2D eigenvalue weighted by atomic mass is 35.5. The molecule has 0 aromatic carbocycles. The zero-order valence-electron chi connectivity index (χ0n) is 9.10. The third-order valence-corrected chi connectivity index (χ3v) is 2.71. The highest BCUT2D eigenvalue weighted by Crippen LogP contribution is 2.16. The van der Waals surface area contributed by atoms with Crippen molar-refractivity contribution in [2.24, 2.45) is 0 Å². The maximum absolute atomic E-state index is 11.9. The molecule has 0 fully saturated rings. The molecule has 0 radical (unpaired) electrons. The first-order valence-electron chi connectivity index (χ1n) is 4.82. The second-order valence-electron chi connectivity index (χ2n) is 3.58. The Bertz CT molecular complexity index is 432. The van der Waals surface area contributed by atoms with Crippen LogP contribution in [0.5, 0.6) is 0 Å². The average molecular weight is 296 g/mol. The largest absolute Gasteiger partial charge is 0.394 e. The third kappa shape index (κ3) is 3.27. The molecule has 0 saturated carbocycles. The van der Waals surface area contributed by atoms with Crippen molar-refractivity contribution in [2.45, 2.75) is 5.54 Å². The molecule has 1 amide bonds. The third-order valence-electron chi connectivity index (χ3n) is 2.25. The van der Waals surface area contributed by atoms with Gasteiger partial charge in [0.15, 0.2) is 10.3 Å². The van der Waals surface area contributed by atoms with Crippen molar-refractivity contribution in [1.82, 2.24) is 15.5 Å². The number of nitrogens with one attached hydrogen (secondary N) is 1. The van der Waals surface area contributed by atoms with Crippen LogP contribution < -0.4 is 5.32 Å². The first kappa shape index (κ1) is 15.1. The number of aliphatic hydroxyl groups is 3. The summed E-state index contributed by atoms with van der Waals surface area (Å²) in [4.78, 5) is 11.9. The number of rotatable bonds is 5. The SMILES string of the molecule is O=C(NC(CO)(CO)CO)c1cc(Cl)nnc1Cl. The number of halogens is 2. The molecule has 1 aromatic heterocycles. The van der Waals surface area contributed by atoms with E-state index in [-0.39, 0.29) is 15.9 Å². The minimum Gasteiger partial charge on any atom is -0.394 e. The summed E-state index contributed by atoms with van der Waals surface area (Å²) in [6.07, 6.45) is 0. The summed E-state index contributed by atoms with van der Waals surface area (Å²) in [5.41, 5.74) is -1.62. The normalized spacial score (nSPS) is 11.4. The van der Waals surface area contributed by atoms with E-state index in [1.807, 2.05) is 0 Å². The Labute approximate surface area is 112 Å². The maximum atomic E-state index is 11.9. The maximum Gasteiger partial charge on any atom is 0.255 e. The molecule has 1 heterocycles. The fourth-order valence-electron chi connectivity index (χ4n) is 1.09. The quantitative estimate of drug-likeness (QED) is 0.567. The molecule has 0 saturated heterocycles. The van der Waals surface area contributed by atoms with Crippen LogP contribution in [0.3, 0.4) is 0 Å². The number of carbonyl (C=O) groups excluding carboxylic acids is 1. The Morgan fingerprint density at radius 1 is 1.22 bits per heavy atom. The molecule has 0 bridgehead atoms. The Morgan fingerprint density at radius 3 is 2.28 bits per heavy atom. The van der Waals surface area contributed by atoms with Crippen LogP contribution in [0.25, 0.3) is 0 Å². The molecule has 18 heavy (non-hydrogen) atoms. The molecule has 1 rings (SSSR count). The average Bonchev–Trinajstić information content (AvgIpc) is 2.38. The van der Waals surface area contributed by atoms with Gasteiger partial charge >= 0.3 is 0 Å². The predicted octanol–water partition coefficient (Wildman–Crippen LogP) is -0.771. The smallest absolute Gasteiger partial charge is 0.255 e. The summed E-state index contributed by atoms with van der Waals surface area (Å²) >= 11 is 11.2. The lowest BCUT2D eigenvalue weighted by molar-refractivity contribution is 0.0375. The zero-order valence-corrected chi connectivity index (χ0v) is 10.6. The Kier molecular flexibility index (Phi) is 5.24. The number of amides is 1. The molecule has 0 aliphatic carbocycles. The number of aliphatic hydroxyl groups excluding tert-OH is 3. The summed E-state index contributed by atoms with van der Waals surface area (Å²) in [6, 6.07) is 1.18. The molecule has 0 atom stereocenters. The van der Waals surface area contributed by atoms with Gasteiger partial charge in [-0.15, -0.1) is 10.2 Å². The lowest BCUT2D eigenvalue weighted by atomic mass is 10.0. The van der Waals surface area contributed by atoms with Crippen LogP contribution in [0, 0.1) is 0 Å². The Hall–Kier alpha value is -0.990. The summed E-state index contributed by atoms with van der Waals surface area (Å²) in [6.45, 7) is -1.93. The molecular weight excluding hydrogens is 285 g/mol. The fraction of sp³-hybridized carbons (Fsp3) is 0.444. The van der Waals surface area contributed by atoms with Gasteiger partial charge in [0.25, 0.3) is 5.91 Å². The van der Waals surface area contributed by atoms with Gasteiger partial charge in [-0.25, -0.2) is 0 Å². The van der Waals surface area contributed by atoms with Gasteiger partial charge in [-0.3, -0.25) is 4.79 Å². The van der Waals surface area contributed by atoms with Crippen molar-refractivity contribution in [3.05, 3.63) is 21.9 Å². The van der Waals surface area contributed by atoms with E-state index in [0.29, 0.717) is 0 Å². The molecule has 1 aromatic rings. The first-order chi connectivity index (χ1) is 8.48. The number of carbonyl (C=O) groups is 1. The predicted molar refractivity (Wildman–Crippen MR) is 63.5 cm³/mol.